The van der Waals surface area contributed by atoms with Crippen LogP contribution in [-0.4, -0.2) is 38.1 Å². The Balaban J connectivity index is -0.000000328. The van der Waals surface area contributed by atoms with Gasteiger partial charge in [0.25, 0.3) is 0 Å². The maximum Gasteiger partial charge on any atom is 0.416 e. The van der Waals surface area contributed by atoms with Crippen LogP contribution in [0.2, 0.25) is 0 Å². The molecule has 0 aliphatic rings. The summed E-state index contributed by atoms with van der Waals surface area (Å²) in [5.41, 5.74) is 0. The van der Waals surface area contributed by atoms with Gasteiger partial charge >= 0.3 is 24.7 Å². The lowest BCUT2D eigenvalue weighted by Gasteiger charge is -2.24. The molecule has 0 bridgehead atoms. The molecule has 3 unspecified atom stereocenters. The first-order valence-electron chi connectivity index (χ1n) is 6.50. The van der Waals surface area contributed by atoms with Gasteiger partial charge in [0, 0.05) is 0 Å². The predicted octanol–water partition coefficient (Wildman–Crippen LogP) is 7.06. The Morgan fingerprint density at radius 3 is 0.808 bits per heavy atom. The molecule has 3 atom stereocenters. The van der Waals surface area contributed by atoms with E-state index < -0.39 is 55.8 Å². The van der Waals surface area contributed by atoms with Crippen molar-refractivity contribution in [3.8, 4) is 0 Å². The number of hydrogen-bond acceptors (Lipinski definition) is 0. The quantitative estimate of drug-likeness (QED) is 0.415. The van der Waals surface area contributed by atoms with Crippen LogP contribution in [0.1, 0.15) is 20.8 Å². The number of hydrogen-bond donors (Lipinski definition) is 0. The summed E-state index contributed by atoms with van der Waals surface area (Å²) in [6.07, 6.45) is -18.6. The van der Waals surface area contributed by atoms with Gasteiger partial charge in [0.15, 0.2) is 6.67 Å². The van der Waals surface area contributed by atoms with Crippen molar-refractivity contribution in [1.82, 2.24) is 0 Å². The second kappa shape index (κ2) is 11.0. The molecule has 0 spiro atoms. The van der Waals surface area contributed by atoms with Crippen LogP contribution in [0.15, 0.2) is 0 Å². The Morgan fingerprint density at radius 1 is 0.538 bits per heavy atom. The topological polar surface area (TPSA) is 0 Å². The van der Waals surface area contributed by atoms with Gasteiger partial charge in [-0.1, -0.05) is 20.8 Å². The summed E-state index contributed by atoms with van der Waals surface area (Å²) in [6.45, 7) is -1.70. The lowest BCUT2D eigenvalue weighted by Crippen LogP contribution is -2.35. The third-order valence-corrected chi connectivity index (χ3v) is 2.72. The molecule has 0 aromatic heterocycles. The third kappa shape index (κ3) is 16.5. The van der Waals surface area contributed by atoms with Crippen molar-refractivity contribution in [1.29, 1.82) is 0 Å². The van der Waals surface area contributed by atoms with E-state index in [-0.39, 0.29) is 0 Å². The minimum atomic E-state index is -4.78. The fraction of sp³-hybridized carbons (Fsp3) is 1.00. The molecule has 0 fully saturated rings. The van der Waals surface area contributed by atoms with E-state index in [1.807, 2.05) is 0 Å². The highest BCUT2D eigenvalue weighted by molar-refractivity contribution is 4.74. The molecule has 0 amide bonds. The molecule has 0 aliphatic heterocycles. The van der Waals surface area contributed by atoms with Crippen molar-refractivity contribution >= 4 is 0 Å². The van der Waals surface area contributed by atoms with Crippen LogP contribution < -0.4 is 0 Å². The lowest BCUT2D eigenvalue weighted by atomic mass is 9.95. The monoisotopic (exact) mass is 426 g/mol. The summed E-state index contributed by atoms with van der Waals surface area (Å²) in [7, 11) is 0. The highest BCUT2D eigenvalue weighted by Crippen LogP contribution is 2.39. The standard InChI is InChI=1S/C6H8F6.C4H6F4.C2H2F4/c1-3(5(7,8)9)4(2)6(10,11)12;1-3(2-5)4(6,7)8;3-1-2(4,5)6/h3-4H,1-2H3;3H,2H2,1H3;1H2. The molecule has 0 aromatic carbocycles. The van der Waals surface area contributed by atoms with Gasteiger partial charge < -0.3 is 0 Å². The van der Waals surface area contributed by atoms with Gasteiger partial charge in [-0.15, -0.1) is 0 Å². The van der Waals surface area contributed by atoms with Crippen LogP contribution in [0, 0.1) is 17.8 Å². The van der Waals surface area contributed by atoms with E-state index in [1.165, 1.54) is 0 Å². The zero-order chi connectivity index (χ0) is 22.1. The fourth-order valence-electron chi connectivity index (χ4n) is 0.654. The molecule has 0 nitrogen and oxygen atoms in total. The lowest BCUT2D eigenvalue weighted by molar-refractivity contribution is -0.245. The Morgan fingerprint density at radius 2 is 0.769 bits per heavy atom. The van der Waals surface area contributed by atoms with Crippen molar-refractivity contribution in [3.05, 3.63) is 0 Å². The van der Waals surface area contributed by atoms with E-state index in [1.54, 1.807) is 0 Å². The zero-order valence-corrected chi connectivity index (χ0v) is 13.4. The highest BCUT2D eigenvalue weighted by atomic mass is 19.4. The van der Waals surface area contributed by atoms with Crippen LogP contribution >= 0.6 is 0 Å². The summed E-state index contributed by atoms with van der Waals surface area (Å²) in [6, 6.07) is 0. The maximum atomic E-state index is 11.7. The first-order valence-corrected chi connectivity index (χ1v) is 6.50. The SMILES string of the molecule is CC(C(C)C(F)(F)F)C(F)(F)F.CC(CF)C(F)(F)F.FCC(F)(F)F. The summed E-state index contributed by atoms with van der Waals surface area (Å²) < 4.78 is 157. The smallest absolute Gasteiger partial charge is 0.250 e. The summed E-state index contributed by atoms with van der Waals surface area (Å²) in [4.78, 5) is 0. The summed E-state index contributed by atoms with van der Waals surface area (Å²) in [5, 5.41) is 0. The molecule has 0 N–H and O–H groups in total. The predicted molar refractivity (Wildman–Crippen MR) is 63.7 cm³/mol. The van der Waals surface area contributed by atoms with E-state index in [0.717, 1.165) is 6.92 Å². The molecular formula is C12H16F14. The molecule has 0 heterocycles. The second-order valence-corrected chi connectivity index (χ2v) is 5.01. The van der Waals surface area contributed by atoms with Crippen molar-refractivity contribution in [2.75, 3.05) is 13.3 Å². The average Bonchev–Trinajstić information content (AvgIpc) is 2.42. The summed E-state index contributed by atoms with van der Waals surface area (Å²) >= 11 is 0. The van der Waals surface area contributed by atoms with E-state index in [0.29, 0.717) is 13.8 Å². The van der Waals surface area contributed by atoms with Gasteiger partial charge in [-0.25, -0.2) is 4.39 Å². The van der Waals surface area contributed by atoms with Crippen LogP contribution in [-0.2, 0) is 0 Å². The summed E-state index contributed by atoms with van der Waals surface area (Å²) in [5.74, 6) is -6.52. The number of rotatable bonds is 2. The van der Waals surface area contributed by atoms with Crippen LogP contribution in [0.3, 0.4) is 0 Å². The Labute approximate surface area is 139 Å². The molecule has 0 aliphatic carbocycles. The van der Waals surface area contributed by atoms with Crippen molar-refractivity contribution in [3.63, 3.8) is 0 Å². The minimum absolute atomic E-state index is 0.526. The number of halogens is 14. The normalized spacial score (nSPS) is 16.5. The van der Waals surface area contributed by atoms with E-state index in [2.05, 4.69) is 0 Å². The highest BCUT2D eigenvalue weighted by Gasteiger charge is 2.50. The molecule has 0 saturated heterocycles. The van der Waals surface area contributed by atoms with E-state index in [4.69, 9.17) is 0 Å². The molecule has 0 aromatic rings. The van der Waals surface area contributed by atoms with Crippen molar-refractivity contribution in [2.45, 2.75) is 45.5 Å². The van der Waals surface area contributed by atoms with Crippen molar-refractivity contribution < 1.29 is 61.5 Å². The Kier molecular flexibility index (Phi) is 12.6. The average molecular weight is 426 g/mol. The van der Waals surface area contributed by atoms with E-state index >= 15 is 0 Å². The molecule has 26 heavy (non-hydrogen) atoms. The van der Waals surface area contributed by atoms with Gasteiger partial charge in [0.1, 0.15) is 6.67 Å². The van der Waals surface area contributed by atoms with Gasteiger partial charge in [-0.05, 0) is 0 Å². The van der Waals surface area contributed by atoms with E-state index in [9.17, 15) is 61.5 Å². The minimum Gasteiger partial charge on any atom is -0.250 e. The van der Waals surface area contributed by atoms with Gasteiger partial charge in [0.2, 0.25) is 0 Å². The van der Waals surface area contributed by atoms with Crippen LogP contribution in [0.25, 0.3) is 0 Å². The molecule has 14 heteroatoms. The first kappa shape index (κ1) is 29.8. The molecule has 0 rings (SSSR count). The van der Waals surface area contributed by atoms with Gasteiger partial charge in [-0.2, -0.15) is 52.7 Å². The second-order valence-electron chi connectivity index (χ2n) is 5.01. The Bertz CT molecular complexity index is 329. The third-order valence-electron chi connectivity index (χ3n) is 2.72. The molecule has 0 saturated carbocycles. The van der Waals surface area contributed by atoms with Gasteiger partial charge in [0.05, 0.1) is 17.8 Å². The maximum absolute atomic E-state index is 11.7. The Hall–Kier alpha value is -0.980. The molecule has 0 radical (unpaired) electrons. The van der Waals surface area contributed by atoms with Gasteiger partial charge in [-0.3, -0.25) is 4.39 Å². The molecular weight excluding hydrogens is 410 g/mol. The zero-order valence-electron chi connectivity index (χ0n) is 13.4. The fourth-order valence-corrected chi connectivity index (χ4v) is 0.654. The molecule has 162 valence electrons. The van der Waals surface area contributed by atoms with Crippen molar-refractivity contribution in [2.24, 2.45) is 17.8 Å². The van der Waals surface area contributed by atoms with Crippen LogP contribution in [0.5, 0.6) is 0 Å². The largest absolute Gasteiger partial charge is 0.416 e. The first-order chi connectivity index (χ1) is 11.1. The number of alkyl halides is 14. The van der Waals surface area contributed by atoms with Crippen LogP contribution in [0.4, 0.5) is 61.5 Å².